The molecular formula is C12H13Cl2N3OS. The van der Waals surface area contributed by atoms with Crippen LogP contribution in [0, 0.1) is 0 Å². The van der Waals surface area contributed by atoms with Crippen molar-refractivity contribution in [2.24, 2.45) is 0 Å². The maximum absolute atomic E-state index is 6.12. The molecule has 1 heterocycles. The Labute approximate surface area is 125 Å². The molecule has 7 heteroatoms. The Balaban J connectivity index is 2.03. The maximum Gasteiger partial charge on any atom is 0.202 e. The average molecular weight is 318 g/mol. The van der Waals surface area contributed by atoms with Crippen molar-refractivity contribution in [1.29, 1.82) is 0 Å². The molecule has 0 atom stereocenters. The molecule has 0 saturated heterocycles. The first kappa shape index (κ1) is 14.5. The molecule has 1 aromatic carbocycles. The molecule has 0 bridgehead atoms. The SMILES string of the molecule is COCCNc1nc(Cc2c(Cl)cccc2Cl)ns1. The molecular weight excluding hydrogens is 305 g/mol. The molecule has 0 radical (unpaired) electrons. The van der Waals surface area contributed by atoms with E-state index in [-0.39, 0.29) is 0 Å². The van der Waals surface area contributed by atoms with Crippen molar-refractivity contribution in [1.82, 2.24) is 9.36 Å². The molecule has 4 nitrogen and oxygen atoms in total. The van der Waals surface area contributed by atoms with Crippen LogP contribution >= 0.6 is 34.7 Å². The second-order valence-electron chi connectivity index (χ2n) is 3.81. The molecule has 0 fully saturated rings. The van der Waals surface area contributed by atoms with E-state index >= 15 is 0 Å². The van der Waals surface area contributed by atoms with Gasteiger partial charge in [-0.25, -0.2) is 4.98 Å². The minimum absolute atomic E-state index is 0.529. The second-order valence-corrected chi connectivity index (χ2v) is 5.38. The molecule has 0 unspecified atom stereocenters. The van der Waals surface area contributed by atoms with Gasteiger partial charge in [-0.2, -0.15) is 4.37 Å². The minimum Gasteiger partial charge on any atom is -0.383 e. The van der Waals surface area contributed by atoms with Crippen LogP contribution in [0.2, 0.25) is 10.0 Å². The van der Waals surface area contributed by atoms with Crippen LogP contribution in [0.4, 0.5) is 5.13 Å². The zero-order valence-electron chi connectivity index (χ0n) is 10.3. The van der Waals surface area contributed by atoms with Crippen LogP contribution in [0.5, 0.6) is 0 Å². The fraction of sp³-hybridized carbons (Fsp3) is 0.333. The predicted molar refractivity (Wildman–Crippen MR) is 79.5 cm³/mol. The van der Waals surface area contributed by atoms with E-state index in [0.717, 1.165) is 10.7 Å². The van der Waals surface area contributed by atoms with Crippen molar-refractivity contribution in [3.63, 3.8) is 0 Å². The molecule has 19 heavy (non-hydrogen) atoms. The van der Waals surface area contributed by atoms with Gasteiger partial charge in [0.05, 0.1) is 6.61 Å². The van der Waals surface area contributed by atoms with Crippen molar-refractivity contribution in [3.05, 3.63) is 39.6 Å². The van der Waals surface area contributed by atoms with Crippen molar-refractivity contribution in [2.45, 2.75) is 6.42 Å². The number of hydrogen-bond acceptors (Lipinski definition) is 5. The summed E-state index contributed by atoms with van der Waals surface area (Å²) in [6.45, 7) is 1.34. The highest BCUT2D eigenvalue weighted by Gasteiger charge is 2.10. The molecule has 2 aromatic rings. The van der Waals surface area contributed by atoms with E-state index in [1.807, 2.05) is 18.2 Å². The van der Waals surface area contributed by atoms with E-state index in [1.165, 1.54) is 11.5 Å². The Bertz CT molecular complexity index is 527. The van der Waals surface area contributed by atoms with Crippen LogP contribution in [0.3, 0.4) is 0 Å². The fourth-order valence-corrected chi connectivity index (χ4v) is 2.66. The summed E-state index contributed by atoms with van der Waals surface area (Å²) in [6, 6.07) is 5.44. The lowest BCUT2D eigenvalue weighted by Crippen LogP contribution is -2.07. The number of anilines is 1. The lowest BCUT2D eigenvalue weighted by molar-refractivity contribution is 0.211. The summed E-state index contributed by atoms with van der Waals surface area (Å²) in [5.74, 6) is 0.708. The number of nitrogens with zero attached hydrogens (tertiary/aromatic N) is 2. The van der Waals surface area contributed by atoms with E-state index < -0.39 is 0 Å². The molecule has 0 amide bonds. The second kappa shape index (κ2) is 7.05. The van der Waals surface area contributed by atoms with Crippen LogP contribution in [0.25, 0.3) is 0 Å². The molecule has 0 saturated carbocycles. The zero-order chi connectivity index (χ0) is 13.7. The van der Waals surface area contributed by atoms with Gasteiger partial charge >= 0.3 is 0 Å². The molecule has 1 aromatic heterocycles. The fourth-order valence-electron chi connectivity index (χ4n) is 1.52. The predicted octanol–water partition coefficient (Wildman–Crippen LogP) is 3.49. The number of rotatable bonds is 6. The lowest BCUT2D eigenvalue weighted by atomic mass is 10.1. The Morgan fingerprint density at radius 3 is 2.74 bits per heavy atom. The zero-order valence-corrected chi connectivity index (χ0v) is 12.6. The number of benzene rings is 1. The van der Waals surface area contributed by atoms with E-state index in [0.29, 0.717) is 35.4 Å². The smallest absolute Gasteiger partial charge is 0.202 e. The van der Waals surface area contributed by atoms with Crippen LogP contribution < -0.4 is 5.32 Å². The largest absolute Gasteiger partial charge is 0.383 e. The summed E-state index contributed by atoms with van der Waals surface area (Å²) in [7, 11) is 1.66. The van der Waals surface area contributed by atoms with E-state index in [9.17, 15) is 0 Å². The summed E-state index contributed by atoms with van der Waals surface area (Å²) in [5.41, 5.74) is 0.854. The molecule has 0 aliphatic heterocycles. The topological polar surface area (TPSA) is 47.0 Å². The number of aromatic nitrogens is 2. The van der Waals surface area contributed by atoms with Gasteiger partial charge in [-0.15, -0.1) is 0 Å². The van der Waals surface area contributed by atoms with Crippen LogP contribution in [-0.4, -0.2) is 29.6 Å². The third-order valence-corrected chi connectivity index (χ3v) is 3.87. The van der Waals surface area contributed by atoms with Gasteiger partial charge < -0.3 is 10.1 Å². The quantitative estimate of drug-likeness (QED) is 0.828. The highest BCUT2D eigenvalue weighted by atomic mass is 35.5. The van der Waals surface area contributed by atoms with Gasteiger partial charge in [0, 0.05) is 41.7 Å². The van der Waals surface area contributed by atoms with Gasteiger partial charge in [0.15, 0.2) is 0 Å². The summed E-state index contributed by atoms with van der Waals surface area (Å²) < 4.78 is 9.24. The van der Waals surface area contributed by atoms with Crippen molar-refractivity contribution >= 4 is 39.9 Å². The number of nitrogens with one attached hydrogen (secondary N) is 1. The monoisotopic (exact) mass is 317 g/mol. The first-order valence-electron chi connectivity index (χ1n) is 5.69. The Kier molecular flexibility index (Phi) is 5.39. The third kappa shape index (κ3) is 4.04. The van der Waals surface area contributed by atoms with Gasteiger partial charge in [-0.1, -0.05) is 29.3 Å². The van der Waals surface area contributed by atoms with Gasteiger partial charge in [-0.05, 0) is 17.7 Å². The number of halogens is 2. The Morgan fingerprint density at radius 1 is 1.32 bits per heavy atom. The van der Waals surface area contributed by atoms with Gasteiger partial charge in [0.2, 0.25) is 5.13 Å². The minimum atomic E-state index is 0.529. The van der Waals surface area contributed by atoms with E-state index in [1.54, 1.807) is 7.11 Å². The summed E-state index contributed by atoms with van der Waals surface area (Å²) >= 11 is 13.6. The molecule has 0 spiro atoms. The summed E-state index contributed by atoms with van der Waals surface area (Å²) in [4.78, 5) is 4.38. The highest BCUT2D eigenvalue weighted by molar-refractivity contribution is 7.09. The number of methoxy groups -OCH3 is 1. The molecule has 0 aliphatic rings. The van der Waals surface area contributed by atoms with Gasteiger partial charge in [0.1, 0.15) is 5.82 Å². The first-order valence-corrected chi connectivity index (χ1v) is 7.22. The molecule has 102 valence electrons. The summed E-state index contributed by atoms with van der Waals surface area (Å²) in [5, 5.41) is 5.18. The summed E-state index contributed by atoms with van der Waals surface area (Å²) in [6.07, 6.45) is 0.529. The van der Waals surface area contributed by atoms with Gasteiger partial charge in [0.25, 0.3) is 0 Å². The first-order chi connectivity index (χ1) is 9.20. The van der Waals surface area contributed by atoms with E-state index in [4.69, 9.17) is 27.9 Å². The normalized spacial score (nSPS) is 10.7. The Morgan fingerprint density at radius 2 is 2.05 bits per heavy atom. The third-order valence-electron chi connectivity index (χ3n) is 2.45. The maximum atomic E-state index is 6.12. The van der Waals surface area contributed by atoms with Gasteiger partial charge in [-0.3, -0.25) is 0 Å². The number of ether oxygens (including phenoxy) is 1. The van der Waals surface area contributed by atoms with Crippen LogP contribution in [0.1, 0.15) is 11.4 Å². The van der Waals surface area contributed by atoms with Crippen molar-refractivity contribution in [3.8, 4) is 0 Å². The average Bonchev–Trinajstić information content (AvgIpc) is 2.82. The molecule has 1 N–H and O–H groups in total. The van der Waals surface area contributed by atoms with E-state index in [2.05, 4.69) is 14.7 Å². The highest BCUT2D eigenvalue weighted by Crippen LogP contribution is 2.26. The van der Waals surface area contributed by atoms with Crippen LogP contribution in [0.15, 0.2) is 18.2 Å². The van der Waals surface area contributed by atoms with Crippen LogP contribution in [-0.2, 0) is 11.2 Å². The molecule has 0 aliphatic carbocycles. The van der Waals surface area contributed by atoms with Crippen molar-refractivity contribution in [2.75, 3.05) is 25.6 Å². The Hall–Kier alpha value is -0.880. The molecule has 2 rings (SSSR count). The standard InChI is InChI=1S/C12H13Cl2N3OS/c1-18-6-5-15-12-16-11(17-19-12)7-8-9(13)3-2-4-10(8)14/h2-4H,5-7H2,1H3,(H,15,16,17). The number of hydrogen-bond donors (Lipinski definition) is 1. The lowest BCUT2D eigenvalue weighted by Gasteiger charge is -2.03. The van der Waals surface area contributed by atoms with Crippen molar-refractivity contribution < 1.29 is 4.74 Å².